The Kier molecular flexibility index (Phi) is 1.94. The van der Waals surface area contributed by atoms with E-state index in [1.165, 1.54) is 6.07 Å². The van der Waals surface area contributed by atoms with E-state index in [1.807, 2.05) is 0 Å². The molecular weight excluding hydrogens is 200 g/mol. The highest BCUT2D eigenvalue weighted by molar-refractivity contribution is 6.04. The molecule has 6 nitrogen and oxygen atoms in total. The molecule has 1 atom stereocenters. The predicted molar refractivity (Wildman–Crippen MR) is 50.8 cm³/mol. The summed E-state index contributed by atoms with van der Waals surface area (Å²) in [7, 11) is 0. The van der Waals surface area contributed by atoms with Crippen LogP contribution in [0.25, 0.3) is 0 Å². The Labute approximate surface area is 84.7 Å². The quantitative estimate of drug-likeness (QED) is 0.532. The van der Waals surface area contributed by atoms with Crippen LogP contribution in [0.3, 0.4) is 0 Å². The van der Waals surface area contributed by atoms with E-state index in [0.29, 0.717) is 5.69 Å². The second-order valence-corrected chi connectivity index (χ2v) is 3.35. The number of nitrogens with one attached hydrogen (secondary N) is 1. The van der Waals surface area contributed by atoms with Crippen LogP contribution in [-0.2, 0) is 10.4 Å². The van der Waals surface area contributed by atoms with E-state index >= 15 is 0 Å². The maximum Gasteiger partial charge on any atom is 0.268 e. The summed E-state index contributed by atoms with van der Waals surface area (Å²) in [6.45, 7) is -0.824. The minimum Gasteiger partial charge on any atom is -0.370 e. The Morgan fingerprint density at radius 1 is 1.47 bits per heavy atom. The fraction of sp³-hybridized carbons (Fsp3) is 0.222. The van der Waals surface area contributed by atoms with Crippen molar-refractivity contribution in [2.45, 2.75) is 5.60 Å². The van der Waals surface area contributed by atoms with Gasteiger partial charge < -0.3 is 10.4 Å². The predicted octanol–water partition coefficient (Wildman–Crippen LogP) is 0.103. The normalized spacial score (nSPS) is 23.4. The standard InChI is InChI=1S/C9H8N2O4/c12-8-9(13,5-11(14)15)6-3-1-2-4-7(6)10-8/h1-4,13H,5H2,(H,10,12). The van der Waals surface area contributed by atoms with Crippen molar-refractivity contribution in [3.63, 3.8) is 0 Å². The van der Waals surface area contributed by atoms with Gasteiger partial charge in [-0.05, 0) is 6.07 Å². The molecule has 0 saturated heterocycles. The third-order valence-corrected chi connectivity index (χ3v) is 2.35. The van der Waals surface area contributed by atoms with E-state index in [4.69, 9.17) is 0 Å². The van der Waals surface area contributed by atoms with Crippen molar-refractivity contribution >= 4 is 11.6 Å². The van der Waals surface area contributed by atoms with Crippen molar-refractivity contribution in [1.29, 1.82) is 0 Å². The lowest BCUT2D eigenvalue weighted by Gasteiger charge is -2.14. The van der Waals surface area contributed by atoms with Gasteiger partial charge in [-0.1, -0.05) is 18.2 Å². The summed E-state index contributed by atoms with van der Waals surface area (Å²) in [5, 5.41) is 22.7. The smallest absolute Gasteiger partial charge is 0.268 e. The number of fused-ring (bicyclic) bond motifs is 1. The highest BCUT2D eigenvalue weighted by atomic mass is 16.6. The van der Waals surface area contributed by atoms with Gasteiger partial charge in [-0.25, -0.2) is 0 Å². The largest absolute Gasteiger partial charge is 0.370 e. The van der Waals surface area contributed by atoms with E-state index in [1.54, 1.807) is 18.2 Å². The molecule has 2 N–H and O–H groups in total. The minimum absolute atomic E-state index is 0.256. The van der Waals surface area contributed by atoms with Crippen molar-refractivity contribution in [2.24, 2.45) is 0 Å². The summed E-state index contributed by atoms with van der Waals surface area (Å²) in [6.07, 6.45) is 0. The Hall–Kier alpha value is -1.95. The Morgan fingerprint density at radius 2 is 2.13 bits per heavy atom. The maximum atomic E-state index is 11.4. The van der Waals surface area contributed by atoms with Crippen LogP contribution in [0, 0.1) is 10.1 Å². The molecular formula is C9H8N2O4. The molecule has 0 bridgehead atoms. The minimum atomic E-state index is -2.04. The first-order chi connectivity index (χ1) is 7.04. The van der Waals surface area contributed by atoms with Crippen molar-refractivity contribution in [3.8, 4) is 0 Å². The van der Waals surface area contributed by atoms with Gasteiger partial charge in [0, 0.05) is 16.2 Å². The van der Waals surface area contributed by atoms with Crippen LogP contribution in [0.4, 0.5) is 5.69 Å². The molecule has 1 aromatic carbocycles. The van der Waals surface area contributed by atoms with Gasteiger partial charge in [-0.3, -0.25) is 14.9 Å². The summed E-state index contributed by atoms with van der Waals surface area (Å²) >= 11 is 0. The average molecular weight is 208 g/mol. The van der Waals surface area contributed by atoms with Gasteiger partial charge in [0.25, 0.3) is 5.91 Å². The molecule has 78 valence electrons. The fourth-order valence-corrected chi connectivity index (χ4v) is 1.64. The molecule has 2 rings (SSSR count). The van der Waals surface area contributed by atoms with E-state index in [0.717, 1.165) is 0 Å². The Bertz CT molecular complexity index is 445. The number of nitro groups is 1. The molecule has 0 aromatic heterocycles. The van der Waals surface area contributed by atoms with Gasteiger partial charge >= 0.3 is 0 Å². The fourth-order valence-electron chi connectivity index (χ4n) is 1.64. The molecule has 0 radical (unpaired) electrons. The Balaban J connectivity index is 2.49. The Morgan fingerprint density at radius 3 is 2.80 bits per heavy atom. The lowest BCUT2D eigenvalue weighted by Crippen LogP contribution is -2.40. The zero-order chi connectivity index (χ0) is 11.1. The highest BCUT2D eigenvalue weighted by Gasteiger charge is 2.49. The molecule has 0 saturated carbocycles. The van der Waals surface area contributed by atoms with E-state index in [9.17, 15) is 20.0 Å². The number of amides is 1. The van der Waals surface area contributed by atoms with Crippen LogP contribution >= 0.6 is 0 Å². The molecule has 15 heavy (non-hydrogen) atoms. The van der Waals surface area contributed by atoms with Gasteiger partial charge in [0.05, 0.1) is 0 Å². The van der Waals surface area contributed by atoms with Crippen molar-refractivity contribution < 1.29 is 14.8 Å². The van der Waals surface area contributed by atoms with Crippen LogP contribution in [0.15, 0.2) is 24.3 Å². The van der Waals surface area contributed by atoms with Gasteiger partial charge in [0.1, 0.15) is 0 Å². The molecule has 1 amide bonds. The summed E-state index contributed by atoms with van der Waals surface area (Å²) < 4.78 is 0. The molecule has 1 aliphatic rings. The number of hydrogen-bond donors (Lipinski definition) is 2. The zero-order valence-electron chi connectivity index (χ0n) is 7.64. The lowest BCUT2D eigenvalue weighted by atomic mass is 9.96. The summed E-state index contributed by atoms with van der Waals surface area (Å²) in [4.78, 5) is 21.1. The molecule has 1 aromatic rings. The second kappa shape index (κ2) is 3.03. The molecule has 1 heterocycles. The van der Waals surface area contributed by atoms with Crippen LogP contribution in [0.1, 0.15) is 5.56 Å². The highest BCUT2D eigenvalue weighted by Crippen LogP contribution is 2.35. The number of nitrogens with zero attached hydrogens (tertiary/aromatic N) is 1. The lowest BCUT2D eigenvalue weighted by molar-refractivity contribution is -0.498. The number of carbonyl (C=O) groups is 1. The number of aliphatic hydroxyl groups is 1. The van der Waals surface area contributed by atoms with Crippen LogP contribution < -0.4 is 5.32 Å². The van der Waals surface area contributed by atoms with Crippen molar-refractivity contribution in [1.82, 2.24) is 0 Å². The molecule has 1 aliphatic heterocycles. The van der Waals surface area contributed by atoms with Gasteiger partial charge in [0.2, 0.25) is 12.1 Å². The monoisotopic (exact) mass is 208 g/mol. The molecule has 6 heteroatoms. The number of hydrogen-bond acceptors (Lipinski definition) is 4. The van der Waals surface area contributed by atoms with Crippen LogP contribution in [0.2, 0.25) is 0 Å². The van der Waals surface area contributed by atoms with Gasteiger partial charge in [-0.15, -0.1) is 0 Å². The number of para-hydroxylation sites is 1. The maximum absolute atomic E-state index is 11.4. The number of anilines is 1. The summed E-state index contributed by atoms with van der Waals surface area (Å²) in [5.41, 5.74) is -1.36. The summed E-state index contributed by atoms with van der Waals surface area (Å²) in [6, 6.07) is 6.38. The first-order valence-corrected chi connectivity index (χ1v) is 4.29. The third-order valence-electron chi connectivity index (χ3n) is 2.35. The van der Waals surface area contributed by atoms with Gasteiger partial charge in [-0.2, -0.15) is 0 Å². The zero-order valence-corrected chi connectivity index (χ0v) is 7.64. The topological polar surface area (TPSA) is 92.5 Å². The van der Waals surface area contributed by atoms with Crippen LogP contribution in [-0.4, -0.2) is 22.5 Å². The number of rotatable bonds is 2. The summed E-state index contributed by atoms with van der Waals surface area (Å²) in [5.74, 6) is -0.750. The van der Waals surface area contributed by atoms with Crippen molar-refractivity contribution in [2.75, 3.05) is 11.9 Å². The molecule has 1 unspecified atom stereocenters. The van der Waals surface area contributed by atoms with E-state index in [2.05, 4.69) is 5.32 Å². The first kappa shape index (κ1) is 9.60. The second-order valence-electron chi connectivity index (χ2n) is 3.35. The van der Waals surface area contributed by atoms with Crippen LogP contribution in [0.5, 0.6) is 0 Å². The number of carbonyl (C=O) groups excluding carboxylic acids is 1. The molecule has 0 aliphatic carbocycles. The molecule has 0 spiro atoms. The molecule has 0 fully saturated rings. The van der Waals surface area contributed by atoms with E-state index in [-0.39, 0.29) is 5.56 Å². The van der Waals surface area contributed by atoms with Gasteiger partial charge in [0.15, 0.2) is 0 Å². The SMILES string of the molecule is O=C1Nc2ccccc2C1(O)C[N+](=O)[O-]. The van der Waals surface area contributed by atoms with Crippen molar-refractivity contribution in [3.05, 3.63) is 39.9 Å². The van der Waals surface area contributed by atoms with E-state index < -0.39 is 23.0 Å². The third kappa shape index (κ3) is 1.35. The first-order valence-electron chi connectivity index (χ1n) is 4.29. The number of benzene rings is 1. The average Bonchev–Trinajstić information content (AvgIpc) is 2.39.